The molecule has 1 aromatic carbocycles. The molecule has 1 aromatic heterocycles. The molecule has 1 N–H and O–H groups in total. The van der Waals surface area contributed by atoms with E-state index >= 15 is 0 Å². The maximum absolute atomic E-state index is 9.43. The van der Waals surface area contributed by atoms with Gasteiger partial charge in [0.15, 0.2) is 0 Å². The molecule has 0 aliphatic rings. The fraction of sp³-hybridized carbons (Fsp3) is 0. The van der Waals surface area contributed by atoms with E-state index in [2.05, 4.69) is 4.98 Å². The molecule has 0 saturated heterocycles. The Hall–Kier alpha value is -0.973. The van der Waals surface area contributed by atoms with E-state index in [1.165, 1.54) is 0 Å². The third-order valence-corrected chi connectivity index (χ3v) is 1.84. The van der Waals surface area contributed by atoms with E-state index in [1.54, 1.807) is 6.07 Å². The molecule has 0 fully saturated rings. The van der Waals surface area contributed by atoms with Crippen LogP contribution < -0.4 is 4.37 Å². The molecule has 2 rings (SSSR count). The summed E-state index contributed by atoms with van der Waals surface area (Å²) >= 11 is 1.91. The Morgan fingerprint density at radius 1 is 1.17 bits per heavy atom. The van der Waals surface area contributed by atoms with Crippen molar-refractivity contribution in [2.24, 2.45) is 0 Å². The molecular weight excluding hydrogens is 145 g/mol. The SMILES string of the molecule is [Li][c]1ccc2cccc(O)c2n1. The van der Waals surface area contributed by atoms with Gasteiger partial charge in [-0.1, -0.05) is 0 Å². The molecule has 54 valence electrons. The van der Waals surface area contributed by atoms with Crippen LogP contribution in [-0.4, -0.2) is 27.8 Å². The van der Waals surface area contributed by atoms with E-state index < -0.39 is 0 Å². The van der Waals surface area contributed by atoms with Gasteiger partial charge in [-0.15, -0.1) is 0 Å². The zero-order valence-corrected chi connectivity index (χ0v) is 6.78. The molecule has 0 bridgehead atoms. The summed E-state index contributed by atoms with van der Waals surface area (Å²) in [4.78, 5) is 4.23. The van der Waals surface area contributed by atoms with Crippen LogP contribution in [0.5, 0.6) is 5.75 Å². The van der Waals surface area contributed by atoms with Crippen LogP contribution in [0.25, 0.3) is 10.9 Å². The average Bonchev–Trinajstić information content (AvgIpc) is 2.07. The summed E-state index contributed by atoms with van der Waals surface area (Å²) in [6.07, 6.45) is 0. The van der Waals surface area contributed by atoms with E-state index in [0.717, 1.165) is 9.75 Å². The predicted octanol–water partition coefficient (Wildman–Crippen LogP) is 0.734. The van der Waals surface area contributed by atoms with Crippen molar-refractivity contribution in [2.45, 2.75) is 0 Å². The van der Waals surface area contributed by atoms with Gasteiger partial charge in [-0.3, -0.25) is 0 Å². The molecule has 2 nitrogen and oxygen atoms in total. The number of phenols is 1. The van der Waals surface area contributed by atoms with Gasteiger partial charge in [0.25, 0.3) is 0 Å². The Kier molecular flexibility index (Phi) is 1.80. The van der Waals surface area contributed by atoms with Crippen LogP contribution >= 0.6 is 0 Å². The van der Waals surface area contributed by atoms with E-state index in [0.29, 0.717) is 5.52 Å². The third kappa shape index (κ3) is 1.20. The van der Waals surface area contributed by atoms with Crippen LogP contribution in [0, 0.1) is 0 Å². The van der Waals surface area contributed by atoms with E-state index in [4.69, 9.17) is 0 Å². The summed E-state index contributed by atoms with van der Waals surface area (Å²) in [7, 11) is 0. The summed E-state index contributed by atoms with van der Waals surface area (Å²) in [5, 5.41) is 10.4. The third-order valence-electron chi connectivity index (χ3n) is 1.84. The number of para-hydroxylation sites is 1. The second-order valence-corrected chi connectivity index (χ2v) is 2.80. The van der Waals surface area contributed by atoms with Crippen molar-refractivity contribution in [1.82, 2.24) is 4.98 Å². The van der Waals surface area contributed by atoms with Crippen molar-refractivity contribution < 1.29 is 5.11 Å². The van der Waals surface area contributed by atoms with Crippen LogP contribution in [0.1, 0.15) is 0 Å². The van der Waals surface area contributed by atoms with Gasteiger partial charge in [0, 0.05) is 0 Å². The molecule has 0 atom stereocenters. The number of hydrogen-bond acceptors (Lipinski definition) is 2. The first-order chi connectivity index (χ1) is 5.77. The first kappa shape index (κ1) is 7.66. The first-order valence-electron chi connectivity index (χ1n) is 3.83. The molecule has 1 heterocycles. The zero-order chi connectivity index (χ0) is 8.55. The van der Waals surface area contributed by atoms with Gasteiger partial charge in [0.1, 0.15) is 0 Å². The van der Waals surface area contributed by atoms with Gasteiger partial charge in [-0.2, -0.15) is 0 Å². The minimum absolute atomic E-state index is 0.246. The van der Waals surface area contributed by atoms with Crippen molar-refractivity contribution in [1.29, 1.82) is 0 Å². The van der Waals surface area contributed by atoms with Crippen LogP contribution in [0.2, 0.25) is 0 Å². The minimum atomic E-state index is 0.246. The Morgan fingerprint density at radius 2 is 2.00 bits per heavy atom. The van der Waals surface area contributed by atoms with Crippen molar-refractivity contribution in [3.63, 3.8) is 0 Å². The van der Waals surface area contributed by atoms with Crippen LogP contribution in [0.15, 0.2) is 30.3 Å². The molecule has 0 saturated carbocycles. The van der Waals surface area contributed by atoms with Gasteiger partial charge in [0.05, 0.1) is 0 Å². The predicted molar refractivity (Wildman–Crippen MR) is 48.8 cm³/mol. The summed E-state index contributed by atoms with van der Waals surface area (Å²) in [6, 6.07) is 9.28. The number of rotatable bonds is 0. The number of phenolic OH excluding ortho intramolecular Hbond substituents is 1. The van der Waals surface area contributed by atoms with Crippen LogP contribution in [-0.2, 0) is 0 Å². The monoisotopic (exact) mass is 151 g/mol. The second kappa shape index (κ2) is 2.82. The number of benzene rings is 1. The van der Waals surface area contributed by atoms with Crippen molar-refractivity contribution in [3.8, 4) is 5.75 Å². The van der Waals surface area contributed by atoms with Crippen LogP contribution in [0.4, 0.5) is 0 Å². The average molecular weight is 151 g/mol. The van der Waals surface area contributed by atoms with Crippen molar-refractivity contribution in [3.05, 3.63) is 30.3 Å². The Labute approximate surface area is 79.4 Å². The summed E-state index contributed by atoms with van der Waals surface area (Å²) in [5.41, 5.74) is 0.678. The molecular formula is C9H6LiNO. The first-order valence-corrected chi connectivity index (χ1v) is 3.83. The number of nitrogens with zero attached hydrogens (tertiary/aromatic N) is 1. The second-order valence-electron chi connectivity index (χ2n) is 2.80. The molecule has 0 aliphatic carbocycles. The molecule has 0 spiro atoms. The van der Waals surface area contributed by atoms with E-state index in [9.17, 15) is 5.11 Å². The fourth-order valence-corrected chi connectivity index (χ4v) is 1.23. The van der Waals surface area contributed by atoms with Gasteiger partial charge < -0.3 is 0 Å². The Balaban J connectivity index is 2.88. The van der Waals surface area contributed by atoms with Gasteiger partial charge in [0.2, 0.25) is 0 Å². The van der Waals surface area contributed by atoms with E-state index in [1.807, 2.05) is 42.0 Å². The summed E-state index contributed by atoms with van der Waals surface area (Å²) < 4.78 is 0.920. The van der Waals surface area contributed by atoms with Gasteiger partial charge in [-0.25, -0.2) is 0 Å². The molecule has 3 heteroatoms. The summed E-state index contributed by atoms with van der Waals surface area (Å²) in [5.74, 6) is 0.246. The molecule has 0 amide bonds. The molecule has 0 radical (unpaired) electrons. The topological polar surface area (TPSA) is 33.1 Å². The van der Waals surface area contributed by atoms with Gasteiger partial charge in [-0.05, 0) is 0 Å². The zero-order valence-electron chi connectivity index (χ0n) is 6.78. The molecule has 2 aromatic rings. The quantitative estimate of drug-likeness (QED) is 0.563. The number of hydrogen-bond donors (Lipinski definition) is 1. The Bertz CT molecular complexity index is 428. The van der Waals surface area contributed by atoms with Crippen molar-refractivity contribution in [2.75, 3.05) is 0 Å². The number of fused-ring (bicyclic) bond motifs is 1. The normalized spacial score (nSPS) is 10.5. The maximum atomic E-state index is 9.43. The molecule has 0 unspecified atom stereocenters. The van der Waals surface area contributed by atoms with Crippen molar-refractivity contribution >= 4 is 33.0 Å². The fourth-order valence-electron chi connectivity index (χ4n) is 1.23. The van der Waals surface area contributed by atoms with E-state index in [-0.39, 0.29) is 5.75 Å². The molecule has 0 aliphatic heterocycles. The number of aromatic nitrogens is 1. The Morgan fingerprint density at radius 3 is 2.83 bits per heavy atom. The standard InChI is InChI=1S/C9H6NO.Li/c11-8-5-1-3-7-4-2-6-10-9(7)8;/h1-5,11H;. The number of aromatic hydroxyl groups is 1. The van der Waals surface area contributed by atoms with Gasteiger partial charge >= 0.3 is 79.2 Å². The summed E-state index contributed by atoms with van der Waals surface area (Å²) in [6.45, 7) is 0. The van der Waals surface area contributed by atoms with Crippen LogP contribution in [0.3, 0.4) is 0 Å². The number of pyridine rings is 1. The molecule has 12 heavy (non-hydrogen) atoms.